The number of alkyl halides is 3. The Kier molecular flexibility index (Phi) is 8.13. The largest absolute Gasteiger partial charge is 0.416 e. The molecule has 0 radical (unpaired) electrons. The fourth-order valence-corrected chi connectivity index (χ4v) is 4.89. The molecule has 4 nitrogen and oxygen atoms in total. The van der Waals surface area contributed by atoms with Crippen LogP contribution in [0, 0.1) is 0 Å². The number of hydrogen-bond donors (Lipinski definition) is 0. The van der Waals surface area contributed by atoms with Crippen LogP contribution in [0.1, 0.15) is 25.2 Å². The van der Waals surface area contributed by atoms with E-state index < -0.39 is 17.6 Å². The summed E-state index contributed by atoms with van der Waals surface area (Å²) in [5, 5.41) is 0.816. The van der Waals surface area contributed by atoms with Gasteiger partial charge in [0.15, 0.2) is 0 Å². The first kappa shape index (κ1) is 24.5. The molecule has 3 rings (SSSR count). The second-order valence-electron chi connectivity index (χ2n) is 7.49. The zero-order valence-corrected chi connectivity index (χ0v) is 19.4. The Morgan fingerprint density at radius 1 is 1.31 bits per heavy atom. The second-order valence-corrected chi connectivity index (χ2v) is 9.34. The number of halogens is 4. The van der Waals surface area contributed by atoms with Gasteiger partial charge in [-0.2, -0.15) is 17.5 Å². The van der Waals surface area contributed by atoms with E-state index in [0.717, 1.165) is 22.8 Å². The highest BCUT2D eigenvalue weighted by molar-refractivity contribution is 7.97. The summed E-state index contributed by atoms with van der Waals surface area (Å²) in [4.78, 5) is 7.33. The van der Waals surface area contributed by atoms with Gasteiger partial charge in [-0.3, -0.25) is 0 Å². The fraction of sp³-hybridized carbons (Fsp3) is 0.364. The van der Waals surface area contributed by atoms with Crippen molar-refractivity contribution in [1.82, 2.24) is 13.7 Å². The van der Waals surface area contributed by atoms with Crippen LogP contribution < -0.4 is 4.90 Å². The molecule has 0 amide bonds. The lowest BCUT2D eigenvalue weighted by Crippen LogP contribution is -2.49. The molecule has 1 aliphatic heterocycles. The van der Waals surface area contributed by atoms with Gasteiger partial charge >= 0.3 is 6.18 Å². The first-order valence-electron chi connectivity index (χ1n) is 10.0. The van der Waals surface area contributed by atoms with Crippen molar-refractivity contribution in [2.75, 3.05) is 24.5 Å². The quantitative estimate of drug-likeness (QED) is 0.262. The molecule has 1 unspecified atom stereocenters. The van der Waals surface area contributed by atoms with Crippen molar-refractivity contribution in [3.63, 3.8) is 0 Å². The van der Waals surface area contributed by atoms with Crippen molar-refractivity contribution in [2.24, 2.45) is 0 Å². The van der Waals surface area contributed by atoms with Crippen molar-refractivity contribution in [3.8, 4) is 0 Å². The zero-order valence-electron chi connectivity index (χ0n) is 17.8. The predicted octanol–water partition coefficient (Wildman–Crippen LogP) is 6.30. The molecule has 1 aromatic carbocycles. The van der Waals surface area contributed by atoms with Crippen LogP contribution >= 0.6 is 23.5 Å². The summed E-state index contributed by atoms with van der Waals surface area (Å²) in [5.41, 5.74) is 0.296. The summed E-state index contributed by atoms with van der Waals surface area (Å²) >= 11 is 2.67. The maximum absolute atomic E-state index is 13.2. The Morgan fingerprint density at radius 3 is 2.78 bits per heavy atom. The van der Waals surface area contributed by atoms with E-state index in [-0.39, 0.29) is 6.04 Å². The van der Waals surface area contributed by atoms with E-state index in [1.165, 1.54) is 41.7 Å². The van der Waals surface area contributed by atoms with Gasteiger partial charge in [0, 0.05) is 48.5 Å². The van der Waals surface area contributed by atoms with E-state index in [1.807, 2.05) is 13.8 Å². The molecule has 0 saturated carbocycles. The van der Waals surface area contributed by atoms with Gasteiger partial charge in [-0.05, 0) is 56.1 Å². The number of rotatable bonds is 7. The molecule has 1 atom stereocenters. The first-order chi connectivity index (χ1) is 15.2. The van der Waals surface area contributed by atoms with Gasteiger partial charge in [-0.25, -0.2) is 13.7 Å². The van der Waals surface area contributed by atoms with Crippen molar-refractivity contribution in [2.45, 2.75) is 37.4 Å². The molecular weight excluding hydrogens is 460 g/mol. The number of nitrogens with zero attached hydrogens (tertiary/aromatic N) is 4. The van der Waals surface area contributed by atoms with Crippen molar-refractivity contribution in [1.29, 1.82) is 0 Å². The standard InChI is InChI=1S/C22H24F4N4S2/c1-4-18(23)9-8-15(2)12-20-27-21(31-28-20)29-10-11-30(16(3)14-29)32-19-7-5-6-17(13-19)22(24,25)26/h4-9,13,16H,1,10-12,14H2,2-3H3/b15-8+,18-9+. The Hall–Kier alpha value is -2.17. The molecule has 1 saturated heterocycles. The molecule has 32 heavy (non-hydrogen) atoms. The van der Waals surface area contributed by atoms with E-state index in [9.17, 15) is 17.6 Å². The summed E-state index contributed by atoms with van der Waals surface area (Å²) in [6, 6.07) is 5.52. The van der Waals surface area contributed by atoms with E-state index in [0.29, 0.717) is 36.8 Å². The van der Waals surface area contributed by atoms with Gasteiger partial charge in [0.25, 0.3) is 0 Å². The van der Waals surface area contributed by atoms with Crippen LogP contribution in [0.5, 0.6) is 0 Å². The van der Waals surface area contributed by atoms with Crippen LogP contribution in [-0.4, -0.2) is 39.3 Å². The third-order valence-corrected chi connectivity index (χ3v) is 6.89. The van der Waals surface area contributed by atoms with E-state index in [2.05, 4.69) is 25.1 Å². The van der Waals surface area contributed by atoms with Crippen LogP contribution in [0.4, 0.5) is 22.7 Å². The molecule has 172 valence electrons. The van der Waals surface area contributed by atoms with Gasteiger partial charge < -0.3 is 4.90 Å². The van der Waals surface area contributed by atoms with Crippen LogP contribution in [-0.2, 0) is 12.6 Å². The van der Waals surface area contributed by atoms with Crippen LogP contribution in [0.2, 0.25) is 0 Å². The summed E-state index contributed by atoms with van der Waals surface area (Å²) < 4.78 is 58.6. The lowest BCUT2D eigenvalue weighted by atomic mass is 10.2. The topological polar surface area (TPSA) is 32.3 Å². The Labute approximate surface area is 193 Å². The van der Waals surface area contributed by atoms with E-state index >= 15 is 0 Å². The molecule has 1 aromatic heterocycles. The van der Waals surface area contributed by atoms with Gasteiger partial charge in [0.1, 0.15) is 11.7 Å². The second kappa shape index (κ2) is 10.6. The van der Waals surface area contributed by atoms with Gasteiger partial charge in [-0.1, -0.05) is 24.3 Å². The van der Waals surface area contributed by atoms with Gasteiger partial charge in [0.2, 0.25) is 5.13 Å². The predicted molar refractivity (Wildman–Crippen MR) is 122 cm³/mol. The maximum atomic E-state index is 13.2. The fourth-order valence-electron chi connectivity index (χ4n) is 3.16. The number of piperazine rings is 1. The molecule has 0 spiro atoms. The normalized spacial score (nSPS) is 18.8. The molecule has 10 heteroatoms. The minimum absolute atomic E-state index is 0.115. The van der Waals surface area contributed by atoms with Crippen LogP contribution in [0.3, 0.4) is 0 Å². The molecule has 2 aromatic rings. The summed E-state index contributed by atoms with van der Waals surface area (Å²) in [7, 11) is 0. The third kappa shape index (κ3) is 6.66. The van der Waals surface area contributed by atoms with Crippen molar-refractivity contribution < 1.29 is 17.6 Å². The Balaban J connectivity index is 1.59. The lowest BCUT2D eigenvalue weighted by Gasteiger charge is -2.38. The zero-order chi connectivity index (χ0) is 23.3. The smallest absolute Gasteiger partial charge is 0.344 e. The van der Waals surface area contributed by atoms with Crippen molar-refractivity contribution in [3.05, 3.63) is 71.9 Å². The third-order valence-electron chi connectivity index (χ3n) is 4.84. The van der Waals surface area contributed by atoms with E-state index in [1.54, 1.807) is 12.1 Å². The first-order valence-corrected chi connectivity index (χ1v) is 11.5. The molecule has 0 aliphatic carbocycles. The average molecular weight is 485 g/mol. The number of hydrogen-bond acceptors (Lipinski definition) is 6. The molecule has 1 aliphatic rings. The van der Waals surface area contributed by atoms with Crippen LogP contribution in [0.25, 0.3) is 0 Å². The van der Waals surface area contributed by atoms with Crippen molar-refractivity contribution >= 4 is 28.6 Å². The Morgan fingerprint density at radius 2 is 2.09 bits per heavy atom. The SMILES string of the molecule is C=C/C(F)=C\C=C(/C)Cc1nsc(N2CCN(Sc3cccc(C(F)(F)F)c3)C(C)C2)n1. The summed E-state index contributed by atoms with van der Waals surface area (Å²) in [5.74, 6) is 0.283. The average Bonchev–Trinajstić information content (AvgIpc) is 3.21. The molecule has 1 fully saturated rings. The molecular formula is C22H24F4N4S2. The number of allylic oxidation sites excluding steroid dienone is 5. The number of benzene rings is 1. The number of anilines is 1. The van der Waals surface area contributed by atoms with Gasteiger partial charge in [-0.15, -0.1) is 0 Å². The summed E-state index contributed by atoms with van der Waals surface area (Å²) in [6.07, 6.45) is 0.371. The molecule has 2 heterocycles. The lowest BCUT2D eigenvalue weighted by molar-refractivity contribution is -0.137. The highest BCUT2D eigenvalue weighted by atomic mass is 32.2. The van der Waals surface area contributed by atoms with E-state index in [4.69, 9.17) is 0 Å². The highest BCUT2D eigenvalue weighted by Gasteiger charge is 2.31. The molecule has 0 bridgehead atoms. The summed E-state index contributed by atoms with van der Waals surface area (Å²) in [6.45, 7) is 9.39. The van der Waals surface area contributed by atoms with Gasteiger partial charge in [0.05, 0.1) is 5.56 Å². The molecule has 0 N–H and O–H groups in total. The van der Waals surface area contributed by atoms with Crippen LogP contribution in [0.15, 0.2) is 65.4 Å². The Bertz CT molecular complexity index is 1000. The highest BCUT2D eigenvalue weighted by Crippen LogP contribution is 2.34. The number of aromatic nitrogens is 2. The monoisotopic (exact) mass is 484 g/mol. The maximum Gasteiger partial charge on any atom is 0.416 e. The minimum atomic E-state index is -4.35. The minimum Gasteiger partial charge on any atom is -0.344 e.